The van der Waals surface area contributed by atoms with E-state index in [2.05, 4.69) is 19.9 Å². The van der Waals surface area contributed by atoms with Gasteiger partial charge in [0.2, 0.25) is 0 Å². The largest absolute Gasteiger partial charge is 0.374 e. The molecule has 23 heavy (non-hydrogen) atoms. The Bertz CT molecular complexity index is 520. The van der Waals surface area contributed by atoms with Crippen LogP contribution in [0.5, 0.6) is 0 Å². The van der Waals surface area contributed by atoms with E-state index < -0.39 is 0 Å². The third-order valence-electron chi connectivity index (χ3n) is 5.15. The summed E-state index contributed by atoms with van der Waals surface area (Å²) in [7, 11) is 0. The molecule has 2 aromatic heterocycles. The Balaban J connectivity index is 1.31. The van der Waals surface area contributed by atoms with Crippen LogP contribution >= 0.6 is 0 Å². The van der Waals surface area contributed by atoms with Crippen molar-refractivity contribution < 1.29 is 4.74 Å². The first-order valence-electron chi connectivity index (χ1n) is 8.98. The van der Waals surface area contributed by atoms with Crippen molar-refractivity contribution >= 4 is 0 Å². The van der Waals surface area contributed by atoms with Crippen molar-refractivity contribution in [2.75, 3.05) is 0 Å². The molecule has 0 radical (unpaired) electrons. The average molecular weight is 314 g/mol. The van der Waals surface area contributed by atoms with Crippen LogP contribution in [0, 0.1) is 11.8 Å². The topological polar surface area (TPSA) is 66.6 Å². The summed E-state index contributed by atoms with van der Waals surface area (Å²) in [6.07, 6.45) is 17.9. The third kappa shape index (κ3) is 4.22. The Kier molecular flexibility index (Phi) is 4.46. The Morgan fingerprint density at radius 3 is 1.70 bits per heavy atom. The molecule has 0 spiro atoms. The Labute approximate surface area is 137 Å². The van der Waals surface area contributed by atoms with Gasteiger partial charge in [0.1, 0.15) is 0 Å². The van der Waals surface area contributed by atoms with Crippen LogP contribution in [0.4, 0.5) is 0 Å². The summed E-state index contributed by atoms with van der Waals surface area (Å²) < 4.78 is 6.63. The molecular weight excluding hydrogens is 288 g/mol. The second-order valence-electron chi connectivity index (χ2n) is 7.12. The van der Waals surface area contributed by atoms with E-state index in [0.717, 1.165) is 37.5 Å². The van der Waals surface area contributed by atoms with Crippen LogP contribution in [0.2, 0.25) is 0 Å². The molecule has 5 nitrogen and oxygen atoms in total. The summed E-state index contributed by atoms with van der Waals surface area (Å²) in [5, 5.41) is 0. The molecule has 5 heteroatoms. The molecule has 2 heterocycles. The number of aromatic nitrogens is 4. The van der Waals surface area contributed by atoms with E-state index in [1.165, 1.54) is 37.1 Å². The highest BCUT2D eigenvalue weighted by atomic mass is 16.5. The number of nitrogens with one attached hydrogen (secondary N) is 2. The van der Waals surface area contributed by atoms with Gasteiger partial charge in [-0.2, -0.15) is 0 Å². The number of hydrogen-bond acceptors (Lipinski definition) is 3. The number of rotatable bonds is 10. The molecule has 2 aliphatic carbocycles. The Hall–Kier alpha value is -1.62. The molecule has 0 amide bonds. The fraction of sp³-hybridized carbons (Fsp3) is 0.667. The average Bonchev–Trinajstić information content (AvgIpc) is 3.48. The summed E-state index contributed by atoms with van der Waals surface area (Å²) >= 11 is 0. The molecule has 2 saturated carbocycles. The van der Waals surface area contributed by atoms with Crippen molar-refractivity contribution in [1.29, 1.82) is 0 Å². The molecule has 2 aliphatic rings. The van der Waals surface area contributed by atoms with Gasteiger partial charge in [-0.25, -0.2) is 9.97 Å². The van der Waals surface area contributed by atoms with Crippen molar-refractivity contribution in [3.63, 3.8) is 0 Å². The smallest absolute Gasteiger partial charge is 0.0921 e. The van der Waals surface area contributed by atoms with E-state index in [1.54, 1.807) is 12.7 Å². The standard InChI is InChI=1S/C18H26N4O/c1-2-13(1)17(7-5-15-9-19-11-21-15)23-18(14-3-4-14)8-6-16-10-20-12-22-16/h9-14,17-18H,1-8H2,(H,19,21)(H,20,22). The number of hydrogen-bond donors (Lipinski definition) is 2. The predicted molar refractivity (Wildman–Crippen MR) is 87.9 cm³/mol. The summed E-state index contributed by atoms with van der Waals surface area (Å²) in [5.41, 5.74) is 2.44. The number of H-pyrrole nitrogens is 2. The van der Waals surface area contributed by atoms with Gasteiger partial charge in [0, 0.05) is 23.8 Å². The van der Waals surface area contributed by atoms with Crippen LogP contribution in [0.1, 0.15) is 49.9 Å². The SMILES string of the molecule is c1ncc(CCC(OC(CCc2cnc[nH]2)C2CC2)C2CC2)[nH]1. The van der Waals surface area contributed by atoms with Gasteiger partial charge in [0.05, 0.1) is 24.9 Å². The number of nitrogens with zero attached hydrogens (tertiary/aromatic N) is 2. The number of aromatic amines is 2. The maximum atomic E-state index is 6.63. The molecular formula is C18H26N4O. The molecule has 2 unspecified atom stereocenters. The zero-order valence-corrected chi connectivity index (χ0v) is 13.6. The van der Waals surface area contributed by atoms with Crippen molar-refractivity contribution in [3.8, 4) is 0 Å². The highest BCUT2D eigenvalue weighted by Gasteiger charge is 2.38. The number of ether oxygens (including phenoxy) is 1. The molecule has 0 saturated heterocycles. The quantitative estimate of drug-likeness (QED) is 0.707. The highest BCUT2D eigenvalue weighted by Crippen LogP contribution is 2.42. The molecule has 2 aromatic rings. The van der Waals surface area contributed by atoms with Crippen LogP contribution in [0.15, 0.2) is 25.0 Å². The van der Waals surface area contributed by atoms with Gasteiger partial charge in [-0.15, -0.1) is 0 Å². The molecule has 4 rings (SSSR count). The summed E-state index contributed by atoms with van der Waals surface area (Å²) in [6, 6.07) is 0. The molecule has 2 atom stereocenters. The Morgan fingerprint density at radius 2 is 1.35 bits per heavy atom. The van der Waals surface area contributed by atoms with Crippen molar-refractivity contribution in [2.24, 2.45) is 11.8 Å². The highest BCUT2D eigenvalue weighted by molar-refractivity contribution is 4.98. The van der Waals surface area contributed by atoms with E-state index in [9.17, 15) is 0 Å². The monoisotopic (exact) mass is 314 g/mol. The van der Waals surface area contributed by atoms with Crippen molar-refractivity contribution in [1.82, 2.24) is 19.9 Å². The van der Waals surface area contributed by atoms with Gasteiger partial charge < -0.3 is 14.7 Å². The van der Waals surface area contributed by atoms with Gasteiger partial charge in [0.15, 0.2) is 0 Å². The first-order chi connectivity index (χ1) is 11.4. The fourth-order valence-electron chi connectivity index (χ4n) is 3.43. The van der Waals surface area contributed by atoms with Gasteiger partial charge >= 0.3 is 0 Å². The molecule has 2 fully saturated rings. The zero-order valence-electron chi connectivity index (χ0n) is 13.6. The third-order valence-corrected chi connectivity index (χ3v) is 5.15. The van der Waals surface area contributed by atoms with Gasteiger partial charge in [-0.1, -0.05) is 0 Å². The molecule has 0 bridgehead atoms. The fourth-order valence-corrected chi connectivity index (χ4v) is 3.43. The first-order valence-corrected chi connectivity index (χ1v) is 8.98. The zero-order chi connectivity index (χ0) is 15.5. The number of imidazole rings is 2. The second-order valence-corrected chi connectivity index (χ2v) is 7.12. The van der Waals surface area contributed by atoms with Crippen LogP contribution in [-0.2, 0) is 17.6 Å². The maximum Gasteiger partial charge on any atom is 0.0921 e. The van der Waals surface area contributed by atoms with Crippen LogP contribution < -0.4 is 0 Å². The lowest BCUT2D eigenvalue weighted by Gasteiger charge is -2.25. The lowest BCUT2D eigenvalue weighted by molar-refractivity contribution is -0.0420. The lowest BCUT2D eigenvalue weighted by Crippen LogP contribution is -2.27. The number of aryl methyl sites for hydroxylation is 2. The maximum absolute atomic E-state index is 6.63. The van der Waals surface area contributed by atoms with Gasteiger partial charge in [0.25, 0.3) is 0 Å². The first kappa shape index (κ1) is 14.9. The summed E-state index contributed by atoms with van der Waals surface area (Å²) in [5.74, 6) is 1.57. The minimum Gasteiger partial charge on any atom is -0.374 e. The molecule has 0 aromatic carbocycles. The van der Waals surface area contributed by atoms with Gasteiger partial charge in [-0.3, -0.25) is 0 Å². The van der Waals surface area contributed by atoms with E-state index in [0.29, 0.717) is 12.2 Å². The molecule has 0 aliphatic heterocycles. The van der Waals surface area contributed by atoms with E-state index in [-0.39, 0.29) is 0 Å². The van der Waals surface area contributed by atoms with E-state index in [1.807, 2.05) is 12.4 Å². The van der Waals surface area contributed by atoms with Crippen LogP contribution in [0.3, 0.4) is 0 Å². The minimum absolute atomic E-state index is 0.422. The Morgan fingerprint density at radius 1 is 0.870 bits per heavy atom. The second kappa shape index (κ2) is 6.87. The van der Waals surface area contributed by atoms with Crippen molar-refractivity contribution in [3.05, 3.63) is 36.4 Å². The van der Waals surface area contributed by atoms with E-state index in [4.69, 9.17) is 4.74 Å². The van der Waals surface area contributed by atoms with Gasteiger partial charge in [-0.05, 0) is 63.2 Å². The molecule has 2 N–H and O–H groups in total. The lowest BCUT2D eigenvalue weighted by atomic mass is 10.0. The normalized spacial score (nSPS) is 20.5. The summed E-state index contributed by atoms with van der Waals surface area (Å²) in [4.78, 5) is 14.6. The summed E-state index contributed by atoms with van der Waals surface area (Å²) in [6.45, 7) is 0. The van der Waals surface area contributed by atoms with E-state index >= 15 is 0 Å². The van der Waals surface area contributed by atoms with Crippen LogP contribution in [0.25, 0.3) is 0 Å². The molecule has 124 valence electrons. The van der Waals surface area contributed by atoms with Crippen molar-refractivity contribution in [2.45, 2.75) is 63.6 Å². The van der Waals surface area contributed by atoms with Crippen LogP contribution in [-0.4, -0.2) is 32.1 Å². The minimum atomic E-state index is 0.422. The predicted octanol–water partition coefficient (Wildman–Crippen LogP) is 3.27.